The molecule has 1 amide bonds. The van der Waals surface area contributed by atoms with Gasteiger partial charge in [-0.25, -0.2) is 0 Å². The first-order valence-corrected chi connectivity index (χ1v) is 8.19. The Kier molecular flexibility index (Phi) is 5.12. The summed E-state index contributed by atoms with van der Waals surface area (Å²) in [5.74, 6) is 0.610. The SMILES string of the molecule is C[C@@H](Oc1ccc2ccccc2c1)C(=O)NCCc1ccccc1. The number of hydrogen-bond donors (Lipinski definition) is 1. The first-order valence-electron chi connectivity index (χ1n) is 8.19. The summed E-state index contributed by atoms with van der Waals surface area (Å²) in [5.41, 5.74) is 1.21. The Hall–Kier alpha value is -2.81. The summed E-state index contributed by atoms with van der Waals surface area (Å²) in [7, 11) is 0. The summed E-state index contributed by atoms with van der Waals surface area (Å²) in [6.07, 6.45) is 0.289. The van der Waals surface area contributed by atoms with Crippen molar-refractivity contribution in [2.45, 2.75) is 19.4 Å². The Labute approximate surface area is 142 Å². The number of benzene rings is 3. The maximum Gasteiger partial charge on any atom is 0.260 e. The average molecular weight is 319 g/mol. The Balaban J connectivity index is 1.53. The van der Waals surface area contributed by atoms with Crippen LogP contribution in [0.5, 0.6) is 5.75 Å². The number of amides is 1. The van der Waals surface area contributed by atoms with Crippen molar-refractivity contribution in [2.24, 2.45) is 0 Å². The van der Waals surface area contributed by atoms with E-state index >= 15 is 0 Å². The molecule has 0 spiro atoms. The first kappa shape index (κ1) is 16.1. The molecule has 0 aromatic heterocycles. The van der Waals surface area contributed by atoms with E-state index in [1.807, 2.05) is 54.6 Å². The highest BCUT2D eigenvalue weighted by Crippen LogP contribution is 2.21. The van der Waals surface area contributed by atoms with Crippen LogP contribution in [-0.4, -0.2) is 18.6 Å². The van der Waals surface area contributed by atoms with Crippen LogP contribution in [0.4, 0.5) is 0 Å². The minimum atomic E-state index is -0.526. The highest BCUT2D eigenvalue weighted by atomic mass is 16.5. The second-order valence-corrected chi connectivity index (χ2v) is 5.80. The number of carbonyl (C=O) groups excluding carboxylic acids is 1. The number of fused-ring (bicyclic) bond motifs is 1. The number of ether oxygens (including phenoxy) is 1. The molecule has 3 aromatic carbocycles. The Morgan fingerprint density at radius 1 is 0.958 bits per heavy atom. The van der Waals surface area contributed by atoms with Gasteiger partial charge in [0, 0.05) is 6.54 Å². The molecule has 0 saturated heterocycles. The van der Waals surface area contributed by atoms with Crippen molar-refractivity contribution in [1.29, 1.82) is 0 Å². The van der Waals surface area contributed by atoms with Crippen LogP contribution in [0.25, 0.3) is 10.8 Å². The van der Waals surface area contributed by atoms with Crippen LogP contribution in [0.1, 0.15) is 12.5 Å². The summed E-state index contributed by atoms with van der Waals surface area (Å²) in [6.45, 7) is 2.38. The van der Waals surface area contributed by atoms with Crippen LogP contribution in [0.2, 0.25) is 0 Å². The topological polar surface area (TPSA) is 38.3 Å². The van der Waals surface area contributed by atoms with Crippen LogP contribution >= 0.6 is 0 Å². The van der Waals surface area contributed by atoms with Gasteiger partial charge in [-0.1, -0.05) is 60.7 Å². The van der Waals surface area contributed by atoms with E-state index in [2.05, 4.69) is 23.5 Å². The lowest BCUT2D eigenvalue weighted by Gasteiger charge is -2.15. The molecule has 3 heteroatoms. The molecule has 0 radical (unpaired) electrons. The van der Waals surface area contributed by atoms with Crippen molar-refractivity contribution in [3.63, 3.8) is 0 Å². The molecule has 0 heterocycles. The van der Waals surface area contributed by atoms with Crippen LogP contribution in [0.15, 0.2) is 72.8 Å². The quantitative estimate of drug-likeness (QED) is 0.746. The van der Waals surface area contributed by atoms with E-state index in [0.29, 0.717) is 12.3 Å². The number of nitrogens with one attached hydrogen (secondary N) is 1. The van der Waals surface area contributed by atoms with Crippen molar-refractivity contribution in [3.05, 3.63) is 78.4 Å². The first-order chi connectivity index (χ1) is 11.7. The number of rotatable bonds is 6. The Morgan fingerprint density at radius 3 is 2.46 bits per heavy atom. The zero-order valence-electron chi connectivity index (χ0n) is 13.7. The number of hydrogen-bond acceptors (Lipinski definition) is 2. The van der Waals surface area contributed by atoms with E-state index in [-0.39, 0.29) is 5.91 Å². The van der Waals surface area contributed by atoms with Crippen LogP contribution in [0.3, 0.4) is 0 Å². The molecule has 0 aliphatic carbocycles. The summed E-state index contributed by atoms with van der Waals surface area (Å²) in [5, 5.41) is 5.19. The minimum Gasteiger partial charge on any atom is -0.481 e. The number of carbonyl (C=O) groups is 1. The monoisotopic (exact) mass is 319 g/mol. The Bertz CT molecular complexity index is 814. The van der Waals surface area contributed by atoms with E-state index in [9.17, 15) is 4.79 Å². The maximum absolute atomic E-state index is 12.2. The lowest BCUT2D eigenvalue weighted by molar-refractivity contribution is -0.127. The van der Waals surface area contributed by atoms with Gasteiger partial charge in [0.2, 0.25) is 0 Å². The highest BCUT2D eigenvalue weighted by molar-refractivity contribution is 5.84. The van der Waals surface area contributed by atoms with Crippen LogP contribution in [-0.2, 0) is 11.2 Å². The van der Waals surface area contributed by atoms with Crippen LogP contribution < -0.4 is 10.1 Å². The summed E-state index contributed by atoms with van der Waals surface area (Å²) < 4.78 is 5.77. The normalized spacial score (nSPS) is 11.9. The molecular formula is C21H21NO2. The van der Waals surface area contributed by atoms with Crippen molar-refractivity contribution < 1.29 is 9.53 Å². The van der Waals surface area contributed by atoms with E-state index in [4.69, 9.17) is 4.74 Å². The van der Waals surface area contributed by atoms with Gasteiger partial charge in [-0.3, -0.25) is 4.79 Å². The predicted octanol–water partition coefficient (Wildman–Crippen LogP) is 3.97. The van der Waals surface area contributed by atoms with Gasteiger partial charge in [-0.2, -0.15) is 0 Å². The largest absolute Gasteiger partial charge is 0.481 e. The van der Waals surface area contributed by atoms with Gasteiger partial charge in [0.1, 0.15) is 5.75 Å². The van der Waals surface area contributed by atoms with E-state index < -0.39 is 6.10 Å². The van der Waals surface area contributed by atoms with Crippen molar-refractivity contribution in [1.82, 2.24) is 5.32 Å². The molecule has 0 saturated carbocycles. The van der Waals surface area contributed by atoms with Crippen molar-refractivity contribution in [2.75, 3.05) is 6.54 Å². The minimum absolute atomic E-state index is 0.0981. The highest BCUT2D eigenvalue weighted by Gasteiger charge is 2.14. The molecule has 1 N–H and O–H groups in total. The van der Waals surface area contributed by atoms with Gasteiger partial charge in [0.05, 0.1) is 0 Å². The standard InChI is InChI=1S/C21H21NO2/c1-16(21(23)22-14-13-17-7-3-2-4-8-17)24-20-12-11-18-9-5-6-10-19(18)15-20/h2-12,15-16H,13-14H2,1H3,(H,22,23)/t16-/m1/s1. The summed E-state index contributed by atoms with van der Waals surface area (Å²) in [6, 6.07) is 24.1. The summed E-state index contributed by atoms with van der Waals surface area (Å²) in [4.78, 5) is 12.2. The third-order valence-electron chi connectivity index (χ3n) is 3.96. The van der Waals surface area contributed by atoms with Crippen molar-refractivity contribution in [3.8, 4) is 5.75 Å². The molecule has 122 valence electrons. The van der Waals surface area contributed by atoms with E-state index in [0.717, 1.165) is 17.2 Å². The zero-order valence-corrected chi connectivity index (χ0v) is 13.7. The van der Waals surface area contributed by atoms with Crippen molar-refractivity contribution >= 4 is 16.7 Å². The molecule has 3 rings (SSSR count). The molecular weight excluding hydrogens is 298 g/mol. The van der Waals surface area contributed by atoms with Gasteiger partial charge < -0.3 is 10.1 Å². The molecule has 0 aliphatic rings. The smallest absolute Gasteiger partial charge is 0.260 e. The van der Waals surface area contributed by atoms with Gasteiger partial charge in [0.25, 0.3) is 5.91 Å². The second-order valence-electron chi connectivity index (χ2n) is 5.80. The third-order valence-corrected chi connectivity index (χ3v) is 3.96. The molecule has 3 aromatic rings. The Morgan fingerprint density at radius 2 is 1.67 bits per heavy atom. The maximum atomic E-state index is 12.2. The fourth-order valence-electron chi connectivity index (χ4n) is 2.62. The molecule has 0 unspecified atom stereocenters. The third kappa shape index (κ3) is 4.13. The van der Waals surface area contributed by atoms with Gasteiger partial charge in [-0.05, 0) is 41.8 Å². The fourth-order valence-corrected chi connectivity index (χ4v) is 2.62. The van der Waals surface area contributed by atoms with E-state index in [1.54, 1.807) is 6.92 Å². The van der Waals surface area contributed by atoms with E-state index in [1.165, 1.54) is 5.56 Å². The molecule has 24 heavy (non-hydrogen) atoms. The molecule has 0 fully saturated rings. The lowest BCUT2D eigenvalue weighted by Crippen LogP contribution is -2.37. The predicted molar refractivity (Wildman–Crippen MR) is 97.2 cm³/mol. The van der Waals surface area contributed by atoms with Gasteiger partial charge >= 0.3 is 0 Å². The summed E-state index contributed by atoms with van der Waals surface area (Å²) >= 11 is 0. The molecule has 3 nitrogen and oxygen atoms in total. The molecule has 0 bridgehead atoms. The fraction of sp³-hybridized carbons (Fsp3) is 0.190. The molecule has 0 aliphatic heterocycles. The lowest BCUT2D eigenvalue weighted by atomic mass is 10.1. The van der Waals surface area contributed by atoms with Gasteiger partial charge in [-0.15, -0.1) is 0 Å². The van der Waals surface area contributed by atoms with Gasteiger partial charge in [0.15, 0.2) is 6.10 Å². The second kappa shape index (κ2) is 7.64. The zero-order chi connectivity index (χ0) is 16.8. The van der Waals surface area contributed by atoms with Crippen LogP contribution in [0, 0.1) is 0 Å². The average Bonchev–Trinajstić information content (AvgIpc) is 2.62. The molecule has 1 atom stereocenters.